The van der Waals surface area contributed by atoms with Crippen LogP contribution >= 0.6 is 12.4 Å². The molecule has 1 fully saturated rings. The molecule has 1 N–H and O–H groups in total. The molecule has 1 saturated heterocycles. The zero-order chi connectivity index (χ0) is 20.2. The third-order valence-electron chi connectivity index (χ3n) is 5.39. The molecule has 0 bridgehead atoms. The van der Waals surface area contributed by atoms with Gasteiger partial charge in [-0.3, -0.25) is 4.79 Å². The van der Waals surface area contributed by atoms with Crippen LogP contribution in [0.5, 0.6) is 5.75 Å². The van der Waals surface area contributed by atoms with Crippen molar-refractivity contribution in [3.05, 3.63) is 66.4 Å². The van der Waals surface area contributed by atoms with E-state index in [0.717, 1.165) is 37.3 Å². The standard InChI is InChI=1S/C23H26N4O2.ClH/c1-24-14-17-12-13-26(15-17)23(28)20-16-27(18-8-4-3-5-9-18)25-22(20)19-10-6-7-11-21(19)29-2;/h3-11,16-17,24H,12-15H2,1-2H3;1H. The van der Waals surface area contributed by atoms with Crippen LogP contribution in [0, 0.1) is 5.92 Å². The van der Waals surface area contributed by atoms with Crippen molar-refractivity contribution in [3.8, 4) is 22.7 Å². The number of nitrogens with one attached hydrogen (secondary N) is 1. The van der Waals surface area contributed by atoms with Crippen LogP contribution in [0.25, 0.3) is 16.9 Å². The highest BCUT2D eigenvalue weighted by Gasteiger charge is 2.30. The molecule has 3 aromatic rings. The van der Waals surface area contributed by atoms with Gasteiger partial charge in [-0.1, -0.05) is 30.3 Å². The number of benzene rings is 2. The number of amides is 1. The highest BCUT2D eigenvalue weighted by Crippen LogP contribution is 2.33. The molecule has 1 unspecified atom stereocenters. The molecular formula is C23H27ClN4O2. The molecule has 0 saturated carbocycles. The molecule has 0 spiro atoms. The number of para-hydroxylation sites is 2. The first-order valence-corrected chi connectivity index (χ1v) is 9.93. The molecule has 0 aliphatic carbocycles. The van der Waals surface area contributed by atoms with Gasteiger partial charge in [0, 0.05) is 24.8 Å². The van der Waals surface area contributed by atoms with E-state index in [-0.39, 0.29) is 18.3 Å². The molecule has 6 nitrogen and oxygen atoms in total. The van der Waals surface area contributed by atoms with E-state index in [9.17, 15) is 4.79 Å². The van der Waals surface area contributed by atoms with Crippen LogP contribution in [-0.4, -0.2) is 54.4 Å². The Morgan fingerprint density at radius 1 is 1.17 bits per heavy atom. The minimum absolute atomic E-state index is 0. The van der Waals surface area contributed by atoms with E-state index < -0.39 is 0 Å². The predicted molar refractivity (Wildman–Crippen MR) is 121 cm³/mol. The Kier molecular flexibility index (Phi) is 7.13. The minimum Gasteiger partial charge on any atom is -0.496 e. The van der Waals surface area contributed by atoms with E-state index in [1.54, 1.807) is 11.8 Å². The number of carbonyl (C=O) groups is 1. The van der Waals surface area contributed by atoms with Gasteiger partial charge in [0.1, 0.15) is 11.4 Å². The number of carbonyl (C=O) groups excluding carboxylic acids is 1. The van der Waals surface area contributed by atoms with Gasteiger partial charge < -0.3 is 15.0 Å². The Morgan fingerprint density at radius 2 is 1.90 bits per heavy atom. The second kappa shape index (κ2) is 9.78. The van der Waals surface area contributed by atoms with E-state index in [4.69, 9.17) is 9.84 Å². The van der Waals surface area contributed by atoms with Crippen LogP contribution in [0.4, 0.5) is 0 Å². The average molecular weight is 427 g/mol. The summed E-state index contributed by atoms with van der Waals surface area (Å²) in [6.07, 6.45) is 2.86. The van der Waals surface area contributed by atoms with Crippen LogP contribution in [0.1, 0.15) is 16.8 Å². The van der Waals surface area contributed by atoms with Crippen molar-refractivity contribution in [1.82, 2.24) is 20.0 Å². The van der Waals surface area contributed by atoms with E-state index in [0.29, 0.717) is 22.9 Å². The lowest BCUT2D eigenvalue weighted by atomic mass is 10.1. The van der Waals surface area contributed by atoms with E-state index in [1.807, 2.05) is 72.7 Å². The van der Waals surface area contributed by atoms with Crippen LogP contribution in [0.15, 0.2) is 60.8 Å². The summed E-state index contributed by atoms with van der Waals surface area (Å²) in [5.74, 6) is 1.21. The van der Waals surface area contributed by atoms with Crippen molar-refractivity contribution < 1.29 is 9.53 Å². The molecule has 30 heavy (non-hydrogen) atoms. The molecule has 7 heteroatoms. The fourth-order valence-corrected chi connectivity index (χ4v) is 3.93. The van der Waals surface area contributed by atoms with Gasteiger partial charge in [0.15, 0.2) is 0 Å². The molecule has 1 aliphatic heterocycles. The van der Waals surface area contributed by atoms with Crippen LogP contribution < -0.4 is 10.1 Å². The molecule has 4 rings (SSSR count). The van der Waals surface area contributed by atoms with Crippen molar-refractivity contribution in [2.75, 3.05) is 33.8 Å². The average Bonchev–Trinajstić information content (AvgIpc) is 3.42. The maximum Gasteiger partial charge on any atom is 0.257 e. The minimum atomic E-state index is 0. The fraction of sp³-hybridized carbons (Fsp3) is 0.304. The van der Waals surface area contributed by atoms with Crippen molar-refractivity contribution in [2.24, 2.45) is 5.92 Å². The predicted octanol–water partition coefficient (Wildman–Crippen LogP) is 3.65. The van der Waals surface area contributed by atoms with Crippen LogP contribution in [0.2, 0.25) is 0 Å². The highest BCUT2D eigenvalue weighted by atomic mass is 35.5. The second-order valence-corrected chi connectivity index (χ2v) is 7.34. The Bertz CT molecular complexity index is 990. The largest absolute Gasteiger partial charge is 0.496 e. The number of halogens is 1. The van der Waals surface area contributed by atoms with Crippen molar-refractivity contribution >= 4 is 18.3 Å². The molecule has 1 aromatic heterocycles. The fourth-order valence-electron chi connectivity index (χ4n) is 3.93. The molecule has 0 radical (unpaired) electrons. The summed E-state index contributed by atoms with van der Waals surface area (Å²) in [6.45, 7) is 2.46. The van der Waals surface area contributed by atoms with Crippen LogP contribution in [0.3, 0.4) is 0 Å². The third-order valence-corrected chi connectivity index (χ3v) is 5.39. The second-order valence-electron chi connectivity index (χ2n) is 7.34. The van der Waals surface area contributed by atoms with Crippen molar-refractivity contribution in [2.45, 2.75) is 6.42 Å². The van der Waals surface area contributed by atoms with E-state index in [1.165, 1.54) is 0 Å². The molecule has 2 aromatic carbocycles. The molecule has 1 atom stereocenters. The SMILES string of the molecule is CNCC1CCN(C(=O)c2cn(-c3ccccc3)nc2-c2ccccc2OC)C1.Cl. The Labute approximate surface area is 183 Å². The van der Waals surface area contributed by atoms with Gasteiger partial charge in [-0.25, -0.2) is 4.68 Å². The molecule has 158 valence electrons. The number of aromatic nitrogens is 2. The summed E-state index contributed by atoms with van der Waals surface area (Å²) < 4.78 is 7.32. The van der Waals surface area contributed by atoms with Crippen LogP contribution in [-0.2, 0) is 0 Å². The van der Waals surface area contributed by atoms with Gasteiger partial charge in [-0.2, -0.15) is 5.10 Å². The number of rotatable bonds is 6. The van der Waals surface area contributed by atoms with Gasteiger partial charge in [-0.05, 0) is 50.2 Å². The maximum atomic E-state index is 13.4. The number of methoxy groups -OCH3 is 1. The quantitative estimate of drug-likeness (QED) is 0.653. The van der Waals surface area contributed by atoms with Gasteiger partial charge in [-0.15, -0.1) is 12.4 Å². The molecule has 2 heterocycles. The first-order chi connectivity index (χ1) is 14.2. The number of ether oxygens (including phenoxy) is 1. The lowest BCUT2D eigenvalue weighted by Gasteiger charge is -2.17. The van der Waals surface area contributed by atoms with Gasteiger partial charge >= 0.3 is 0 Å². The molecule has 1 aliphatic rings. The Hall–Kier alpha value is -2.83. The zero-order valence-corrected chi connectivity index (χ0v) is 18.1. The first kappa shape index (κ1) is 21.9. The lowest BCUT2D eigenvalue weighted by molar-refractivity contribution is 0.0788. The third kappa shape index (κ3) is 4.35. The van der Waals surface area contributed by atoms with Gasteiger partial charge in [0.2, 0.25) is 0 Å². The Morgan fingerprint density at radius 3 is 2.63 bits per heavy atom. The van der Waals surface area contributed by atoms with Gasteiger partial charge in [0.25, 0.3) is 5.91 Å². The number of nitrogens with zero attached hydrogens (tertiary/aromatic N) is 3. The normalized spacial score (nSPS) is 15.7. The van der Waals surface area contributed by atoms with Crippen molar-refractivity contribution in [3.63, 3.8) is 0 Å². The first-order valence-electron chi connectivity index (χ1n) is 9.93. The summed E-state index contributed by atoms with van der Waals surface area (Å²) >= 11 is 0. The molecular weight excluding hydrogens is 400 g/mol. The smallest absolute Gasteiger partial charge is 0.257 e. The Balaban J connectivity index is 0.00000256. The van der Waals surface area contributed by atoms with Gasteiger partial charge in [0.05, 0.1) is 18.4 Å². The number of hydrogen-bond acceptors (Lipinski definition) is 4. The number of likely N-dealkylation sites (tertiary alicyclic amines) is 1. The summed E-state index contributed by atoms with van der Waals surface area (Å²) in [4.78, 5) is 15.4. The summed E-state index contributed by atoms with van der Waals surface area (Å²) in [6, 6.07) is 17.5. The number of hydrogen-bond donors (Lipinski definition) is 1. The molecule has 1 amide bonds. The van der Waals surface area contributed by atoms with Crippen molar-refractivity contribution in [1.29, 1.82) is 0 Å². The maximum absolute atomic E-state index is 13.4. The monoisotopic (exact) mass is 426 g/mol. The highest BCUT2D eigenvalue weighted by molar-refractivity contribution is 6.00. The lowest BCUT2D eigenvalue weighted by Crippen LogP contribution is -2.30. The summed E-state index contributed by atoms with van der Waals surface area (Å²) in [7, 11) is 3.59. The summed E-state index contributed by atoms with van der Waals surface area (Å²) in [5, 5.41) is 8.00. The van der Waals surface area contributed by atoms with E-state index >= 15 is 0 Å². The zero-order valence-electron chi connectivity index (χ0n) is 17.2. The topological polar surface area (TPSA) is 59.4 Å². The summed E-state index contributed by atoms with van der Waals surface area (Å²) in [5.41, 5.74) is 2.98. The van der Waals surface area contributed by atoms with E-state index in [2.05, 4.69) is 5.32 Å².